The summed E-state index contributed by atoms with van der Waals surface area (Å²) in [6.07, 6.45) is 0. The third kappa shape index (κ3) is 4.74. The number of hydrogen-bond acceptors (Lipinski definition) is 3. The Labute approximate surface area is 121 Å². The Morgan fingerprint density at radius 2 is 1.70 bits per heavy atom. The second-order valence-corrected chi connectivity index (χ2v) is 5.13. The molecule has 0 heterocycles. The highest BCUT2D eigenvalue weighted by atomic mass is 32.2. The van der Waals surface area contributed by atoms with Gasteiger partial charge in [-0.05, 0) is 24.3 Å². The van der Waals surface area contributed by atoms with E-state index in [9.17, 15) is 8.78 Å². The van der Waals surface area contributed by atoms with E-state index in [-0.39, 0.29) is 5.75 Å². The van der Waals surface area contributed by atoms with Crippen molar-refractivity contribution < 1.29 is 13.5 Å². The normalized spacial score (nSPS) is 10.6. The number of alkyl halides is 2. The lowest BCUT2D eigenvalue weighted by Crippen LogP contribution is -2.08. The molecule has 0 amide bonds. The minimum absolute atomic E-state index is 0.173. The van der Waals surface area contributed by atoms with E-state index in [0.717, 1.165) is 5.75 Å². The van der Waals surface area contributed by atoms with Gasteiger partial charge < -0.3 is 10.1 Å². The largest absolute Gasteiger partial charge is 0.433 e. The molecule has 0 fully saturated rings. The van der Waals surface area contributed by atoms with Crippen LogP contribution in [0.25, 0.3) is 0 Å². The molecule has 5 heteroatoms. The van der Waals surface area contributed by atoms with Crippen molar-refractivity contribution in [1.29, 1.82) is 0 Å². The van der Waals surface area contributed by atoms with Crippen LogP contribution in [-0.4, -0.2) is 18.9 Å². The van der Waals surface area contributed by atoms with E-state index < -0.39 is 6.61 Å². The van der Waals surface area contributed by atoms with Crippen LogP contribution in [0.4, 0.5) is 14.5 Å². The maximum Gasteiger partial charge on any atom is 0.387 e. The van der Waals surface area contributed by atoms with E-state index in [2.05, 4.69) is 10.1 Å². The SMILES string of the molecule is FC(F)Oc1ccccc1NCCSc1ccccc1. The van der Waals surface area contributed by atoms with Gasteiger partial charge in [-0.1, -0.05) is 30.3 Å². The van der Waals surface area contributed by atoms with E-state index in [4.69, 9.17) is 0 Å². The maximum atomic E-state index is 12.3. The standard InChI is InChI=1S/C15H15F2NOS/c16-15(17)19-14-9-5-4-8-13(14)18-10-11-20-12-6-2-1-3-7-12/h1-9,15,18H,10-11H2. The first kappa shape index (κ1) is 14.7. The summed E-state index contributed by atoms with van der Waals surface area (Å²) >= 11 is 1.71. The van der Waals surface area contributed by atoms with Crippen molar-refractivity contribution in [3.63, 3.8) is 0 Å². The summed E-state index contributed by atoms with van der Waals surface area (Å²) in [5.74, 6) is 1.01. The van der Waals surface area contributed by atoms with Crippen molar-refractivity contribution in [3.05, 3.63) is 54.6 Å². The first-order chi connectivity index (χ1) is 9.75. The molecule has 2 nitrogen and oxygen atoms in total. The predicted molar refractivity (Wildman–Crippen MR) is 78.7 cm³/mol. The summed E-state index contributed by atoms with van der Waals surface area (Å²) in [5.41, 5.74) is 0.585. The van der Waals surface area contributed by atoms with Crippen molar-refractivity contribution in [2.45, 2.75) is 11.5 Å². The van der Waals surface area contributed by atoms with Crippen molar-refractivity contribution in [2.75, 3.05) is 17.6 Å². The number of benzene rings is 2. The van der Waals surface area contributed by atoms with Gasteiger partial charge in [0.05, 0.1) is 5.69 Å². The second-order valence-electron chi connectivity index (χ2n) is 3.96. The van der Waals surface area contributed by atoms with Crippen LogP contribution in [0, 0.1) is 0 Å². The Morgan fingerprint density at radius 3 is 2.45 bits per heavy atom. The first-order valence-corrected chi connectivity index (χ1v) is 7.20. The number of para-hydroxylation sites is 2. The zero-order valence-electron chi connectivity index (χ0n) is 10.8. The Balaban J connectivity index is 1.82. The van der Waals surface area contributed by atoms with Crippen molar-refractivity contribution in [1.82, 2.24) is 0 Å². The van der Waals surface area contributed by atoms with Gasteiger partial charge in [-0.2, -0.15) is 8.78 Å². The molecule has 0 unspecified atom stereocenters. The number of halogens is 2. The van der Waals surface area contributed by atoms with E-state index in [0.29, 0.717) is 12.2 Å². The number of hydrogen-bond donors (Lipinski definition) is 1. The lowest BCUT2D eigenvalue weighted by Gasteiger charge is -2.12. The fourth-order valence-corrected chi connectivity index (χ4v) is 2.47. The molecular weight excluding hydrogens is 280 g/mol. The van der Waals surface area contributed by atoms with Crippen molar-refractivity contribution in [3.8, 4) is 5.75 Å². The fourth-order valence-electron chi connectivity index (χ4n) is 1.68. The molecule has 0 saturated carbocycles. The van der Waals surface area contributed by atoms with Crippen LogP contribution < -0.4 is 10.1 Å². The van der Waals surface area contributed by atoms with Crippen LogP contribution in [-0.2, 0) is 0 Å². The van der Waals surface area contributed by atoms with E-state index in [1.54, 1.807) is 30.0 Å². The summed E-state index contributed by atoms with van der Waals surface area (Å²) in [5, 5.41) is 3.11. The van der Waals surface area contributed by atoms with E-state index in [1.165, 1.54) is 11.0 Å². The summed E-state index contributed by atoms with van der Waals surface area (Å²) in [7, 11) is 0. The number of anilines is 1. The van der Waals surface area contributed by atoms with Crippen LogP contribution in [0.15, 0.2) is 59.5 Å². The molecule has 106 valence electrons. The monoisotopic (exact) mass is 295 g/mol. The van der Waals surface area contributed by atoms with Gasteiger partial charge in [0.25, 0.3) is 0 Å². The van der Waals surface area contributed by atoms with Crippen molar-refractivity contribution >= 4 is 17.4 Å². The zero-order chi connectivity index (χ0) is 14.2. The van der Waals surface area contributed by atoms with Crippen LogP contribution in [0.1, 0.15) is 0 Å². The summed E-state index contributed by atoms with van der Waals surface area (Å²) in [6, 6.07) is 16.7. The quantitative estimate of drug-likeness (QED) is 0.600. The van der Waals surface area contributed by atoms with E-state index in [1.807, 2.05) is 30.3 Å². The average Bonchev–Trinajstić information content (AvgIpc) is 2.46. The molecule has 20 heavy (non-hydrogen) atoms. The molecule has 2 aromatic carbocycles. The molecule has 0 saturated heterocycles. The Morgan fingerprint density at radius 1 is 1.00 bits per heavy atom. The third-order valence-electron chi connectivity index (χ3n) is 2.53. The lowest BCUT2D eigenvalue weighted by atomic mass is 10.3. The van der Waals surface area contributed by atoms with Gasteiger partial charge in [0.2, 0.25) is 0 Å². The lowest BCUT2D eigenvalue weighted by molar-refractivity contribution is -0.0493. The molecular formula is C15H15F2NOS. The van der Waals surface area contributed by atoms with Crippen LogP contribution in [0.2, 0.25) is 0 Å². The summed E-state index contributed by atoms with van der Waals surface area (Å²) in [4.78, 5) is 1.19. The number of rotatable bonds is 7. The number of ether oxygens (including phenoxy) is 1. The van der Waals surface area contributed by atoms with Gasteiger partial charge in [-0.25, -0.2) is 0 Å². The van der Waals surface area contributed by atoms with Crippen LogP contribution >= 0.6 is 11.8 Å². The molecule has 0 aliphatic carbocycles. The molecule has 0 aliphatic rings. The summed E-state index contributed by atoms with van der Waals surface area (Å²) in [6.45, 7) is -2.14. The zero-order valence-corrected chi connectivity index (χ0v) is 11.6. The van der Waals surface area contributed by atoms with Gasteiger partial charge in [-0.3, -0.25) is 0 Å². The molecule has 0 bridgehead atoms. The predicted octanol–water partition coefficient (Wildman–Crippen LogP) is 4.49. The fraction of sp³-hybridized carbons (Fsp3) is 0.200. The Bertz CT molecular complexity index is 522. The number of thioether (sulfide) groups is 1. The molecule has 2 rings (SSSR count). The minimum Gasteiger partial charge on any atom is -0.433 e. The summed E-state index contributed by atoms with van der Waals surface area (Å²) < 4.78 is 29.0. The van der Waals surface area contributed by atoms with Gasteiger partial charge in [0.15, 0.2) is 0 Å². The topological polar surface area (TPSA) is 21.3 Å². The Hall–Kier alpha value is -1.75. The first-order valence-electron chi connectivity index (χ1n) is 6.21. The van der Waals surface area contributed by atoms with Gasteiger partial charge >= 0.3 is 6.61 Å². The second kappa shape index (κ2) is 7.75. The van der Waals surface area contributed by atoms with Crippen LogP contribution in [0.5, 0.6) is 5.75 Å². The van der Waals surface area contributed by atoms with Gasteiger partial charge in [0, 0.05) is 17.2 Å². The maximum absolute atomic E-state index is 12.3. The molecule has 0 spiro atoms. The molecule has 0 aromatic heterocycles. The highest BCUT2D eigenvalue weighted by Gasteiger charge is 2.08. The Kier molecular flexibility index (Phi) is 5.68. The molecule has 2 aromatic rings. The smallest absolute Gasteiger partial charge is 0.387 e. The van der Waals surface area contributed by atoms with E-state index >= 15 is 0 Å². The molecule has 1 N–H and O–H groups in total. The third-order valence-corrected chi connectivity index (χ3v) is 3.55. The average molecular weight is 295 g/mol. The molecule has 0 aliphatic heterocycles. The molecule has 0 radical (unpaired) electrons. The van der Waals surface area contributed by atoms with Crippen molar-refractivity contribution in [2.24, 2.45) is 0 Å². The molecule has 0 atom stereocenters. The minimum atomic E-state index is -2.81. The highest BCUT2D eigenvalue weighted by Crippen LogP contribution is 2.25. The van der Waals surface area contributed by atoms with Gasteiger partial charge in [-0.15, -0.1) is 11.8 Å². The highest BCUT2D eigenvalue weighted by molar-refractivity contribution is 7.99. The van der Waals surface area contributed by atoms with Crippen LogP contribution in [0.3, 0.4) is 0 Å². The number of nitrogens with one attached hydrogen (secondary N) is 1. The van der Waals surface area contributed by atoms with Gasteiger partial charge in [0.1, 0.15) is 5.75 Å².